The van der Waals surface area contributed by atoms with Gasteiger partial charge in [0.25, 0.3) is 0 Å². The van der Waals surface area contributed by atoms with Gasteiger partial charge in [-0.15, -0.1) is 0 Å². The lowest BCUT2D eigenvalue weighted by Crippen LogP contribution is -3.12. The van der Waals surface area contributed by atoms with E-state index in [0.717, 1.165) is 18.7 Å². The first-order valence-electron chi connectivity index (χ1n) is 7.07. The molecule has 1 saturated heterocycles. The highest BCUT2D eigenvalue weighted by molar-refractivity contribution is 6.32. The lowest BCUT2D eigenvalue weighted by atomic mass is 10.1. The van der Waals surface area contributed by atoms with Crippen LogP contribution in [0.4, 0.5) is 5.69 Å². The molecule has 3 nitrogen and oxygen atoms in total. The van der Waals surface area contributed by atoms with E-state index in [4.69, 9.17) is 16.9 Å². The summed E-state index contributed by atoms with van der Waals surface area (Å²) in [4.78, 5) is 1.72. The number of nitrogens with one attached hydrogen (secondary N) is 2. The molecule has 2 N–H and O–H groups in total. The molecule has 0 aliphatic carbocycles. The molecule has 0 spiro atoms. The molecule has 1 aliphatic rings. The maximum absolute atomic E-state index is 9.08. The van der Waals surface area contributed by atoms with Crippen molar-refractivity contribution in [2.75, 3.05) is 31.5 Å². The first-order valence-corrected chi connectivity index (χ1v) is 7.45. The molecule has 0 amide bonds. The van der Waals surface area contributed by atoms with E-state index in [1.54, 1.807) is 11.0 Å². The number of nitriles is 1. The topological polar surface area (TPSA) is 40.3 Å². The van der Waals surface area contributed by atoms with Crippen molar-refractivity contribution in [1.29, 1.82) is 5.26 Å². The number of hydrogen-bond acceptors (Lipinski definition) is 2. The van der Waals surface area contributed by atoms with Crippen molar-refractivity contribution in [1.82, 2.24) is 0 Å². The summed E-state index contributed by atoms with van der Waals surface area (Å²) in [5.41, 5.74) is 1.40. The molecule has 0 radical (unpaired) electrons. The molecule has 1 fully saturated rings. The summed E-state index contributed by atoms with van der Waals surface area (Å²) in [5.74, 6) is 0. The minimum Gasteiger partial charge on any atom is -0.384 e. The highest BCUT2D eigenvalue weighted by Gasteiger charge is 2.12. The predicted octanol–water partition coefficient (Wildman–Crippen LogP) is 2.08. The van der Waals surface area contributed by atoms with E-state index in [2.05, 4.69) is 11.4 Å². The third-order valence-electron chi connectivity index (χ3n) is 3.71. The van der Waals surface area contributed by atoms with Crippen molar-refractivity contribution in [2.24, 2.45) is 0 Å². The van der Waals surface area contributed by atoms with Crippen LogP contribution in [0.1, 0.15) is 31.2 Å². The molecule has 0 atom stereocenters. The summed E-state index contributed by atoms with van der Waals surface area (Å²) in [6, 6.07) is 7.70. The third-order valence-corrected chi connectivity index (χ3v) is 4.02. The highest BCUT2D eigenvalue weighted by Crippen LogP contribution is 2.22. The maximum atomic E-state index is 9.08. The van der Waals surface area contributed by atoms with Crippen LogP contribution in [0.2, 0.25) is 5.02 Å². The fourth-order valence-electron chi connectivity index (χ4n) is 2.65. The molecular formula is C15H21ClN3+. The maximum Gasteiger partial charge on any atom is 0.103 e. The van der Waals surface area contributed by atoms with Gasteiger partial charge in [-0.2, -0.15) is 5.26 Å². The van der Waals surface area contributed by atoms with Crippen LogP contribution in [0.5, 0.6) is 0 Å². The van der Waals surface area contributed by atoms with E-state index in [1.165, 1.54) is 38.9 Å². The summed E-state index contributed by atoms with van der Waals surface area (Å²) >= 11 is 6.00. The lowest BCUT2D eigenvalue weighted by Gasteiger charge is -2.23. The van der Waals surface area contributed by atoms with Gasteiger partial charge < -0.3 is 10.2 Å². The average molecular weight is 279 g/mol. The smallest absolute Gasteiger partial charge is 0.103 e. The molecule has 19 heavy (non-hydrogen) atoms. The molecule has 2 rings (SSSR count). The molecule has 0 aromatic heterocycles. The van der Waals surface area contributed by atoms with Crippen molar-refractivity contribution in [3.05, 3.63) is 28.8 Å². The van der Waals surface area contributed by atoms with Gasteiger partial charge in [0, 0.05) is 13.0 Å². The normalized spacial score (nSPS) is 16.0. The monoisotopic (exact) mass is 278 g/mol. The molecule has 0 bridgehead atoms. The van der Waals surface area contributed by atoms with Gasteiger partial charge in [0.05, 0.1) is 35.9 Å². The van der Waals surface area contributed by atoms with Crippen LogP contribution in [0.25, 0.3) is 0 Å². The summed E-state index contributed by atoms with van der Waals surface area (Å²) in [6.45, 7) is 4.76. The number of anilines is 1. The van der Waals surface area contributed by atoms with E-state index < -0.39 is 0 Å². The van der Waals surface area contributed by atoms with Crippen molar-refractivity contribution >= 4 is 17.3 Å². The van der Waals surface area contributed by atoms with Crippen LogP contribution >= 0.6 is 11.6 Å². The Hall–Kier alpha value is -1.24. The fourth-order valence-corrected chi connectivity index (χ4v) is 2.87. The van der Waals surface area contributed by atoms with Gasteiger partial charge in [0.2, 0.25) is 0 Å². The molecule has 1 aromatic rings. The second-order valence-electron chi connectivity index (χ2n) is 5.12. The van der Waals surface area contributed by atoms with E-state index >= 15 is 0 Å². The zero-order valence-corrected chi connectivity index (χ0v) is 12.0. The summed E-state index contributed by atoms with van der Waals surface area (Å²) < 4.78 is 0. The number of piperidine rings is 1. The van der Waals surface area contributed by atoms with Crippen molar-refractivity contribution in [2.45, 2.75) is 25.7 Å². The molecule has 0 unspecified atom stereocenters. The molecule has 102 valence electrons. The van der Waals surface area contributed by atoms with Crippen molar-refractivity contribution < 1.29 is 4.90 Å². The number of hydrogen-bond donors (Lipinski definition) is 2. The first-order chi connectivity index (χ1) is 9.31. The third kappa shape index (κ3) is 4.12. The summed E-state index contributed by atoms with van der Waals surface area (Å²) in [5, 5.41) is 12.9. The number of halogens is 1. The minimum atomic E-state index is 0.522. The van der Waals surface area contributed by atoms with Gasteiger partial charge in [-0.05, 0) is 31.4 Å². The standard InChI is InChI=1S/C15H20ClN3/c16-14-6-4-7-15(13(14)12-17)18-8-5-11-19-9-2-1-3-10-19/h4,6-7,18H,1-3,5,8-11H2/p+1. The molecule has 1 aromatic carbocycles. The van der Waals surface area contributed by atoms with E-state index in [0.29, 0.717) is 10.6 Å². The zero-order valence-electron chi connectivity index (χ0n) is 11.2. The molecular weight excluding hydrogens is 258 g/mol. The summed E-state index contributed by atoms with van der Waals surface area (Å²) in [6.07, 6.45) is 5.27. The van der Waals surface area contributed by atoms with Gasteiger partial charge in [-0.25, -0.2) is 0 Å². The Morgan fingerprint density at radius 2 is 2.05 bits per heavy atom. The quantitative estimate of drug-likeness (QED) is 0.810. The number of rotatable bonds is 5. The van der Waals surface area contributed by atoms with Crippen LogP contribution < -0.4 is 10.2 Å². The van der Waals surface area contributed by atoms with Gasteiger partial charge in [0.15, 0.2) is 0 Å². The minimum absolute atomic E-state index is 0.522. The number of benzene rings is 1. The Bertz CT molecular complexity index is 447. The van der Waals surface area contributed by atoms with Gasteiger partial charge in [-0.1, -0.05) is 17.7 Å². The number of likely N-dealkylation sites (tertiary alicyclic amines) is 1. The van der Waals surface area contributed by atoms with Crippen LogP contribution in [0, 0.1) is 11.3 Å². The van der Waals surface area contributed by atoms with E-state index in [1.807, 2.05) is 12.1 Å². The first kappa shape index (κ1) is 14.2. The second kappa shape index (κ2) is 7.37. The number of quaternary nitrogens is 1. The molecule has 1 aliphatic heterocycles. The van der Waals surface area contributed by atoms with Crippen molar-refractivity contribution in [3.63, 3.8) is 0 Å². The highest BCUT2D eigenvalue weighted by atomic mass is 35.5. The van der Waals surface area contributed by atoms with Crippen LogP contribution in [-0.4, -0.2) is 26.2 Å². The Morgan fingerprint density at radius 1 is 1.26 bits per heavy atom. The van der Waals surface area contributed by atoms with Gasteiger partial charge in [-0.3, -0.25) is 0 Å². The SMILES string of the molecule is N#Cc1c(Cl)cccc1NCCC[NH+]1CCCCC1. The molecule has 0 saturated carbocycles. The average Bonchev–Trinajstić information content (AvgIpc) is 2.45. The van der Waals surface area contributed by atoms with Crippen LogP contribution in [-0.2, 0) is 0 Å². The Labute approximate surface area is 120 Å². The summed E-state index contributed by atoms with van der Waals surface area (Å²) in [7, 11) is 0. The zero-order chi connectivity index (χ0) is 13.5. The molecule has 4 heteroatoms. The predicted molar refractivity (Wildman–Crippen MR) is 78.7 cm³/mol. The van der Waals surface area contributed by atoms with Crippen LogP contribution in [0.15, 0.2) is 18.2 Å². The van der Waals surface area contributed by atoms with Crippen LogP contribution in [0.3, 0.4) is 0 Å². The Morgan fingerprint density at radius 3 is 2.79 bits per heavy atom. The van der Waals surface area contributed by atoms with E-state index in [9.17, 15) is 0 Å². The second-order valence-corrected chi connectivity index (χ2v) is 5.52. The Balaban J connectivity index is 1.76. The van der Waals surface area contributed by atoms with E-state index in [-0.39, 0.29) is 0 Å². The number of nitrogens with zero attached hydrogens (tertiary/aromatic N) is 1. The molecule has 1 heterocycles. The lowest BCUT2D eigenvalue weighted by molar-refractivity contribution is -0.904. The van der Waals surface area contributed by atoms with Crippen molar-refractivity contribution in [3.8, 4) is 6.07 Å². The van der Waals surface area contributed by atoms with Gasteiger partial charge in [0.1, 0.15) is 6.07 Å². The van der Waals surface area contributed by atoms with Gasteiger partial charge >= 0.3 is 0 Å². The fraction of sp³-hybridized carbons (Fsp3) is 0.533. The Kier molecular flexibility index (Phi) is 5.50. The largest absolute Gasteiger partial charge is 0.384 e.